The molecule has 2 rings (SSSR count). The van der Waals surface area contributed by atoms with Gasteiger partial charge in [0.25, 0.3) is 0 Å². The van der Waals surface area contributed by atoms with E-state index < -0.39 is 22.1 Å². The van der Waals surface area contributed by atoms with Crippen molar-refractivity contribution in [3.63, 3.8) is 0 Å². The Kier molecular flexibility index (Phi) is 1.01. The first-order chi connectivity index (χ1) is 6.11. The Balaban J connectivity index is 2.69. The number of fused-ring (bicyclic) bond motifs is 2. The molecule has 0 spiro atoms. The summed E-state index contributed by atoms with van der Waals surface area (Å²) >= 11 is 6.37. The van der Waals surface area contributed by atoms with Crippen molar-refractivity contribution in [2.45, 2.75) is 44.9 Å². The number of ketones is 1. The number of alkyl halides is 1. The van der Waals surface area contributed by atoms with Gasteiger partial charge >= 0.3 is 0 Å². The molecule has 2 aliphatic carbocycles. The third kappa shape index (κ3) is 0.618. The number of hydrogen-bond donors (Lipinski definition) is 0. The van der Waals surface area contributed by atoms with Crippen molar-refractivity contribution in [2.75, 3.05) is 0 Å². The monoisotopic (exact) mass is 188 g/mol. The summed E-state index contributed by atoms with van der Waals surface area (Å²) in [6.07, 6.45) is -0.566. The molecule has 68 valence electrons. The summed E-state index contributed by atoms with van der Waals surface area (Å²) in [6, 6.07) is 0. The second-order valence-corrected chi connectivity index (χ2v) is 5.36. The number of rotatable bonds is 0. The van der Waals surface area contributed by atoms with Gasteiger partial charge in [0, 0.05) is 14.5 Å². The Morgan fingerprint density at radius 1 is 1.42 bits per heavy atom. The van der Waals surface area contributed by atoms with Crippen molar-refractivity contribution in [2.24, 2.45) is 10.8 Å². The quantitative estimate of drug-likeness (QED) is 0.535. The van der Waals surface area contributed by atoms with Crippen LogP contribution in [0.3, 0.4) is 0 Å². The van der Waals surface area contributed by atoms with Crippen molar-refractivity contribution in [3.05, 3.63) is 0 Å². The van der Waals surface area contributed by atoms with Crippen LogP contribution >= 0.6 is 11.6 Å². The molecule has 0 N–H and O–H groups in total. The fourth-order valence-corrected chi connectivity index (χ4v) is 2.81. The first kappa shape index (κ1) is 6.42. The van der Waals surface area contributed by atoms with Crippen LogP contribution in [-0.4, -0.2) is 10.7 Å². The van der Waals surface area contributed by atoms with Crippen LogP contribution in [0, 0.1) is 10.8 Å². The van der Waals surface area contributed by atoms with Gasteiger partial charge in [0.1, 0.15) is 5.78 Å². The molecule has 0 saturated heterocycles. The second-order valence-electron chi connectivity index (χ2n) is 4.71. The molecule has 0 aliphatic heterocycles. The van der Waals surface area contributed by atoms with E-state index in [2.05, 4.69) is 0 Å². The molecule has 0 aromatic rings. The van der Waals surface area contributed by atoms with Gasteiger partial charge in [-0.3, -0.25) is 4.79 Å². The smallest absolute Gasteiger partial charge is 0.141 e. The number of carbonyl (C=O) groups is 1. The van der Waals surface area contributed by atoms with Gasteiger partial charge in [0.05, 0.1) is 4.87 Å². The maximum atomic E-state index is 12.0. The Labute approximate surface area is 81.3 Å². The molecule has 0 amide bonds. The number of hydrogen-bond acceptors (Lipinski definition) is 1. The van der Waals surface area contributed by atoms with Gasteiger partial charge in [-0.2, -0.15) is 0 Å². The molecule has 2 atom stereocenters. The van der Waals surface area contributed by atoms with Crippen LogP contribution in [0.5, 0.6) is 0 Å². The highest BCUT2D eigenvalue weighted by atomic mass is 35.5. The van der Waals surface area contributed by atoms with Crippen LogP contribution in [-0.2, 0) is 4.79 Å². The van der Waals surface area contributed by atoms with Gasteiger partial charge in [0.2, 0.25) is 0 Å². The SMILES string of the molecule is [2H]C1([2H])C(=O)C2(C)CCC1(Cl)C2(C)C. The summed E-state index contributed by atoms with van der Waals surface area (Å²) < 4.78 is 15.7. The number of carbonyl (C=O) groups excluding carboxylic acids is 1. The highest BCUT2D eigenvalue weighted by Crippen LogP contribution is 2.68. The molecule has 0 heterocycles. The molecule has 2 saturated carbocycles. The Hall–Kier alpha value is -0.0400. The summed E-state index contributed by atoms with van der Waals surface area (Å²) in [5.74, 6) is -0.309. The third-order valence-corrected chi connectivity index (χ3v) is 4.91. The zero-order valence-electron chi connectivity index (χ0n) is 9.70. The molecular formula is C10H15ClO. The molecule has 2 bridgehead atoms. The minimum absolute atomic E-state index is 0.309. The van der Waals surface area contributed by atoms with E-state index in [4.69, 9.17) is 14.3 Å². The van der Waals surface area contributed by atoms with Crippen LogP contribution in [0.2, 0.25) is 0 Å². The molecule has 2 unspecified atom stereocenters. The number of halogens is 1. The average molecular weight is 189 g/mol. The molecule has 2 fully saturated rings. The Bertz CT molecular complexity index is 326. The summed E-state index contributed by atoms with van der Waals surface area (Å²) in [5, 5.41) is 0. The van der Waals surface area contributed by atoms with Crippen LogP contribution in [0.25, 0.3) is 0 Å². The predicted octanol–water partition coefficient (Wildman–Crippen LogP) is 2.76. The second kappa shape index (κ2) is 1.89. The molecule has 2 aliphatic rings. The van der Waals surface area contributed by atoms with E-state index in [1.807, 2.05) is 20.8 Å². The fraction of sp³-hybridized carbons (Fsp3) is 0.900. The highest BCUT2D eigenvalue weighted by Gasteiger charge is 2.69. The molecular weight excluding hydrogens is 172 g/mol. The molecule has 2 heteroatoms. The lowest BCUT2D eigenvalue weighted by molar-refractivity contribution is -0.128. The van der Waals surface area contributed by atoms with E-state index in [1.54, 1.807) is 0 Å². The molecule has 1 nitrogen and oxygen atoms in total. The Morgan fingerprint density at radius 3 is 2.25 bits per heavy atom. The number of Topliss-reactive ketones (excluding diaryl/α,β-unsaturated/α-hetero) is 1. The summed E-state index contributed by atoms with van der Waals surface area (Å²) in [4.78, 5) is 11.0. The lowest BCUT2D eigenvalue weighted by Crippen LogP contribution is -2.36. The van der Waals surface area contributed by atoms with Gasteiger partial charge < -0.3 is 0 Å². The van der Waals surface area contributed by atoms with Crippen LogP contribution in [0.15, 0.2) is 0 Å². The van der Waals surface area contributed by atoms with Crippen molar-refractivity contribution >= 4 is 17.4 Å². The first-order valence-electron chi connectivity index (χ1n) is 5.35. The van der Waals surface area contributed by atoms with Crippen molar-refractivity contribution in [1.29, 1.82) is 0 Å². The standard InChI is InChI=1S/C10H15ClO/c1-8(2)9(3)4-5-10(8,11)6-7(9)12/h4-6H2,1-3H3/i6D2. The zero-order chi connectivity index (χ0) is 11.0. The summed E-state index contributed by atoms with van der Waals surface area (Å²) in [7, 11) is 0. The van der Waals surface area contributed by atoms with Gasteiger partial charge in [-0.15, -0.1) is 11.6 Å². The van der Waals surface area contributed by atoms with E-state index in [0.29, 0.717) is 12.8 Å². The highest BCUT2D eigenvalue weighted by molar-refractivity contribution is 6.28. The van der Waals surface area contributed by atoms with Crippen LogP contribution in [0.1, 0.15) is 42.7 Å². The maximum Gasteiger partial charge on any atom is 0.141 e. The molecule has 0 aromatic carbocycles. The van der Waals surface area contributed by atoms with Crippen molar-refractivity contribution < 1.29 is 7.54 Å². The van der Waals surface area contributed by atoms with Crippen LogP contribution in [0.4, 0.5) is 0 Å². The molecule has 12 heavy (non-hydrogen) atoms. The lowest BCUT2D eigenvalue weighted by Gasteiger charge is -2.35. The topological polar surface area (TPSA) is 17.1 Å². The third-order valence-electron chi connectivity index (χ3n) is 4.15. The minimum atomic E-state index is -1.87. The van der Waals surface area contributed by atoms with Crippen molar-refractivity contribution in [1.82, 2.24) is 0 Å². The van der Waals surface area contributed by atoms with Gasteiger partial charge in [-0.25, -0.2) is 0 Å². The maximum absolute atomic E-state index is 12.0. The minimum Gasteiger partial charge on any atom is -0.299 e. The molecule has 0 radical (unpaired) electrons. The van der Waals surface area contributed by atoms with E-state index in [0.717, 1.165) is 0 Å². The fourth-order valence-electron chi connectivity index (χ4n) is 2.42. The van der Waals surface area contributed by atoms with E-state index in [1.165, 1.54) is 0 Å². The average Bonchev–Trinajstić information content (AvgIpc) is 2.29. The van der Waals surface area contributed by atoms with E-state index in [-0.39, 0.29) is 5.78 Å². The lowest BCUT2D eigenvalue weighted by atomic mass is 9.70. The summed E-state index contributed by atoms with van der Waals surface area (Å²) in [5.41, 5.74) is -1.04. The normalized spacial score (nSPS) is 56.8. The van der Waals surface area contributed by atoms with Crippen molar-refractivity contribution in [3.8, 4) is 0 Å². The predicted molar refractivity (Wildman–Crippen MR) is 49.3 cm³/mol. The summed E-state index contributed by atoms with van der Waals surface area (Å²) in [6.45, 7) is 5.68. The largest absolute Gasteiger partial charge is 0.299 e. The van der Waals surface area contributed by atoms with Crippen LogP contribution < -0.4 is 0 Å². The van der Waals surface area contributed by atoms with Gasteiger partial charge in [0.15, 0.2) is 0 Å². The van der Waals surface area contributed by atoms with E-state index >= 15 is 0 Å². The van der Waals surface area contributed by atoms with E-state index in [9.17, 15) is 4.79 Å². The van der Waals surface area contributed by atoms with Gasteiger partial charge in [-0.05, 0) is 18.3 Å². The first-order valence-corrected chi connectivity index (χ1v) is 4.73. The van der Waals surface area contributed by atoms with Gasteiger partial charge in [-0.1, -0.05) is 20.8 Å². The zero-order valence-corrected chi connectivity index (χ0v) is 8.46. The molecule has 0 aromatic heterocycles. The Morgan fingerprint density at radius 2 is 2.00 bits per heavy atom.